The third-order valence-electron chi connectivity index (χ3n) is 4.04. The Balaban J connectivity index is 2.16. The molecular weight excluding hydrogens is 286 g/mol. The fourth-order valence-electron chi connectivity index (χ4n) is 2.63. The largest absolute Gasteiger partial charge is 0.456 e. The van der Waals surface area contributed by atoms with Gasteiger partial charge in [0.15, 0.2) is 0 Å². The number of benzene rings is 2. The van der Waals surface area contributed by atoms with E-state index in [1.54, 1.807) is 6.07 Å². The lowest BCUT2D eigenvalue weighted by molar-refractivity contribution is 0.302. The lowest BCUT2D eigenvalue weighted by Gasteiger charge is -2.19. The Labute approximate surface area is 135 Å². The quantitative estimate of drug-likeness (QED) is 0.508. The topological polar surface area (TPSA) is 45.7 Å². The SMILES string of the molecule is Cc1ccc2/c(=N/O)cc(-c3ccc(C(C)(C)C)cc3)oc2c1. The van der Waals surface area contributed by atoms with Gasteiger partial charge in [0.05, 0.1) is 0 Å². The van der Waals surface area contributed by atoms with Crippen LogP contribution >= 0.6 is 0 Å². The van der Waals surface area contributed by atoms with Crippen molar-refractivity contribution < 1.29 is 9.62 Å². The van der Waals surface area contributed by atoms with Gasteiger partial charge in [-0.25, -0.2) is 0 Å². The molecule has 0 unspecified atom stereocenters. The van der Waals surface area contributed by atoms with Crippen LogP contribution in [0.4, 0.5) is 0 Å². The number of fused-ring (bicyclic) bond motifs is 1. The van der Waals surface area contributed by atoms with Gasteiger partial charge in [0, 0.05) is 17.0 Å². The number of aryl methyl sites for hydroxylation is 1. The van der Waals surface area contributed by atoms with Crippen molar-refractivity contribution in [3.63, 3.8) is 0 Å². The Morgan fingerprint density at radius 3 is 2.26 bits per heavy atom. The fraction of sp³-hybridized carbons (Fsp3) is 0.250. The van der Waals surface area contributed by atoms with Crippen LogP contribution in [0, 0.1) is 6.92 Å². The highest BCUT2D eigenvalue weighted by atomic mass is 16.4. The molecule has 3 heteroatoms. The molecule has 0 bridgehead atoms. The number of hydrogen-bond donors (Lipinski definition) is 1. The maximum Gasteiger partial charge on any atom is 0.137 e. The summed E-state index contributed by atoms with van der Waals surface area (Å²) in [7, 11) is 0. The molecule has 3 nitrogen and oxygen atoms in total. The maximum atomic E-state index is 9.31. The maximum absolute atomic E-state index is 9.31. The van der Waals surface area contributed by atoms with Gasteiger partial charge in [-0.3, -0.25) is 0 Å². The summed E-state index contributed by atoms with van der Waals surface area (Å²) in [6.07, 6.45) is 0. The van der Waals surface area contributed by atoms with Gasteiger partial charge in [0.1, 0.15) is 16.7 Å². The summed E-state index contributed by atoms with van der Waals surface area (Å²) in [6, 6.07) is 15.9. The summed E-state index contributed by atoms with van der Waals surface area (Å²) >= 11 is 0. The van der Waals surface area contributed by atoms with Crippen LogP contribution in [0.3, 0.4) is 0 Å². The molecule has 3 rings (SSSR count). The lowest BCUT2D eigenvalue weighted by Crippen LogP contribution is -2.10. The van der Waals surface area contributed by atoms with Crippen LogP contribution in [-0.2, 0) is 5.41 Å². The van der Waals surface area contributed by atoms with Crippen molar-refractivity contribution >= 4 is 11.0 Å². The standard InChI is InChI=1S/C20H21NO2/c1-13-5-10-16-17(21-22)12-18(23-19(16)11-13)14-6-8-15(9-7-14)20(2,3)4/h5-12,22H,1-4H3/b21-17+. The van der Waals surface area contributed by atoms with E-state index in [0.29, 0.717) is 11.1 Å². The molecule has 0 aliphatic carbocycles. The van der Waals surface area contributed by atoms with Crippen LogP contribution in [0.1, 0.15) is 31.9 Å². The highest BCUT2D eigenvalue weighted by molar-refractivity contribution is 5.79. The van der Waals surface area contributed by atoms with Crippen molar-refractivity contribution in [2.75, 3.05) is 0 Å². The molecule has 1 heterocycles. The van der Waals surface area contributed by atoms with Gasteiger partial charge < -0.3 is 9.62 Å². The van der Waals surface area contributed by atoms with E-state index in [2.05, 4.69) is 38.1 Å². The van der Waals surface area contributed by atoms with Gasteiger partial charge in [-0.1, -0.05) is 56.3 Å². The van der Waals surface area contributed by atoms with Crippen molar-refractivity contribution in [1.82, 2.24) is 0 Å². The first kappa shape index (κ1) is 15.3. The van der Waals surface area contributed by atoms with Crippen molar-refractivity contribution in [3.05, 3.63) is 65.0 Å². The number of hydrogen-bond acceptors (Lipinski definition) is 3. The number of rotatable bonds is 1. The smallest absolute Gasteiger partial charge is 0.137 e. The second-order valence-electron chi connectivity index (χ2n) is 6.92. The molecule has 0 aliphatic rings. The summed E-state index contributed by atoms with van der Waals surface area (Å²) in [4.78, 5) is 0. The molecule has 0 aliphatic heterocycles. The lowest BCUT2D eigenvalue weighted by atomic mass is 9.86. The highest BCUT2D eigenvalue weighted by Crippen LogP contribution is 2.27. The van der Waals surface area contributed by atoms with E-state index in [0.717, 1.165) is 22.1 Å². The zero-order valence-corrected chi connectivity index (χ0v) is 13.9. The van der Waals surface area contributed by atoms with Crippen LogP contribution in [0.2, 0.25) is 0 Å². The molecule has 2 aromatic carbocycles. The van der Waals surface area contributed by atoms with Crippen LogP contribution in [0.25, 0.3) is 22.3 Å². The van der Waals surface area contributed by atoms with Gasteiger partial charge in [0.25, 0.3) is 0 Å². The average molecular weight is 307 g/mol. The van der Waals surface area contributed by atoms with Crippen molar-refractivity contribution in [3.8, 4) is 11.3 Å². The molecule has 0 saturated heterocycles. The molecule has 0 radical (unpaired) electrons. The van der Waals surface area contributed by atoms with Gasteiger partial charge in [-0.15, -0.1) is 0 Å². The predicted octanol–water partition coefficient (Wildman–Crippen LogP) is 5.00. The Bertz CT molecular complexity index is 913. The minimum absolute atomic E-state index is 0.113. The van der Waals surface area contributed by atoms with Gasteiger partial charge in [-0.05, 0) is 35.6 Å². The fourth-order valence-corrected chi connectivity index (χ4v) is 2.63. The van der Waals surface area contributed by atoms with E-state index in [4.69, 9.17) is 4.42 Å². The van der Waals surface area contributed by atoms with Crippen LogP contribution in [0.5, 0.6) is 0 Å². The summed E-state index contributed by atoms with van der Waals surface area (Å²) in [5, 5.41) is 14.0. The summed E-state index contributed by atoms with van der Waals surface area (Å²) in [6.45, 7) is 8.57. The molecule has 23 heavy (non-hydrogen) atoms. The Kier molecular flexibility index (Phi) is 3.72. The van der Waals surface area contributed by atoms with Crippen molar-refractivity contribution in [2.45, 2.75) is 33.1 Å². The minimum Gasteiger partial charge on any atom is -0.456 e. The van der Waals surface area contributed by atoms with Crippen molar-refractivity contribution in [1.29, 1.82) is 0 Å². The molecule has 0 atom stereocenters. The van der Waals surface area contributed by atoms with Gasteiger partial charge in [0.2, 0.25) is 0 Å². The minimum atomic E-state index is 0.113. The van der Waals surface area contributed by atoms with E-state index in [1.807, 2.05) is 37.3 Å². The third kappa shape index (κ3) is 3.00. The van der Waals surface area contributed by atoms with Crippen LogP contribution in [-0.4, -0.2) is 5.21 Å². The molecule has 0 spiro atoms. The average Bonchev–Trinajstić information content (AvgIpc) is 2.52. The molecule has 0 amide bonds. The normalized spacial score (nSPS) is 12.8. The first-order chi connectivity index (χ1) is 10.9. The van der Waals surface area contributed by atoms with E-state index in [-0.39, 0.29) is 5.41 Å². The second kappa shape index (κ2) is 5.58. The van der Waals surface area contributed by atoms with Crippen LogP contribution < -0.4 is 5.36 Å². The molecule has 0 saturated carbocycles. The zero-order chi connectivity index (χ0) is 16.6. The van der Waals surface area contributed by atoms with E-state index >= 15 is 0 Å². The Morgan fingerprint density at radius 2 is 1.65 bits per heavy atom. The number of nitrogens with zero attached hydrogens (tertiary/aromatic N) is 1. The van der Waals surface area contributed by atoms with E-state index in [9.17, 15) is 5.21 Å². The van der Waals surface area contributed by atoms with E-state index < -0.39 is 0 Å². The van der Waals surface area contributed by atoms with E-state index in [1.165, 1.54) is 5.56 Å². The van der Waals surface area contributed by atoms with Crippen LogP contribution in [0.15, 0.2) is 58.1 Å². The first-order valence-electron chi connectivity index (χ1n) is 7.72. The third-order valence-corrected chi connectivity index (χ3v) is 4.04. The summed E-state index contributed by atoms with van der Waals surface area (Å²) in [5.41, 5.74) is 4.17. The predicted molar refractivity (Wildman–Crippen MR) is 92.4 cm³/mol. The highest BCUT2D eigenvalue weighted by Gasteiger charge is 2.14. The molecular formula is C20H21NO2. The molecule has 118 valence electrons. The Hall–Kier alpha value is -2.55. The molecule has 1 N–H and O–H groups in total. The first-order valence-corrected chi connectivity index (χ1v) is 7.72. The molecule has 1 aromatic heterocycles. The molecule has 3 aromatic rings. The second-order valence-corrected chi connectivity index (χ2v) is 6.92. The van der Waals surface area contributed by atoms with Crippen molar-refractivity contribution in [2.24, 2.45) is 5.16 Å². The summed E-state index contributed by atoms with van der Waals surface area (Å²) in [5.74, 6) is 0.691. The zero-order valence-electron chi connectivity index (χ0n) is 13.9. The van der Waals surface area contributed by atoms with Gasteiger partial charge in [-0.2, -0.15) is 0 Å². The Morgan fingerprint density at radius 1 is 0.957 bits per heavy atom. The summed E-state index contributed by atoms with van der Waals surface area (Å²) < 4.78 is 6.03. The molecule has 0 fully saturated rings. The van der Waals surface area contributed by atoms with Gasteiger partial charge >= 0.3 is 0 Å². The monoisotopic (exact) mass is 307 g/mol.